The molecule has 0 spiro atoms. The maximum Gasteiger partial charge on any atom is 0.129 e. The number of nitrogens with zero attached hydrogens (tertiary/aromatic N) is 1. The number of hydrogen-bond donors (Lipinski definition) is 1. The van der Waals surface area contributed by atoms with Crippen LogP contribution < -0.4 is 5.32 Å². The first-order valence-corrected chi connectivity index (χ1v) is 7.02. The van der Waals surface area contributed by atoms with E-state index in [2.05, 4.69) is 16.4 Å². The minimum Gasteiger partial charge on any atom is -0.316 e. The van der Waals surface area contributed by atoms with Crippen LogP contribution in [0, 0.1) is 17.8 Å². The van der Waals surface area contributed by atoms with Gasteiger partial charge in [-0.3, -0.25) is 0 Å². The van der Waals surface area contributed by atoms with Gasteiger partial charge in [0.2, 0.25) is 0 Å². The summed E-state index contributed by atoms with van der Waals surface area (Å²) >= 11 is 5.95. The fourth-order valence-electron chi connectivity index (χ4n) is 3.60. The topological polar surface area (TPSA) is 24.9 Å². The summed E-state index contributed by atoms with van der Waals surface area (Å²) in [7, 11) is 0. The van der Waals surface area contributed by atoms with Gasteiger partial charge in [-0.2, -0.15) is 0 Å². The molecule has 1 aromatic heterocycles. The van der Waals surface area contributed by atoms with E-state index in [1.807, 2.05) is 12.3 Å². The second kappa shape index (κ2) is 4.95. The Labute approximate surface area is 108 Å². The highest BCUT2D eigenvalue weighted by molar-refractivity contribution is 6.29. The van der Waals surface area contributed by atoms with E-state index in [1.165, 1.54) is 44.3 Å². The normalized spacial score (nSPS) is 32.4. The van der Waals surface area contributed by atoms with Gasteiger partial charge in [0.25, 0.3) is 0 Å². The first-order chi connectivity index (χ1) is 8.33. The van der Waals surface area contributed by atoms with Gasteiger partial charge in [0.15, 0.2) is 0 Å². The zero-order chi connectivity index (χ0) is 11.7. The first-order valence-electron chi connectivity index (χ1n) is 6.64. The van der Waals surface area contributed by atoms with Crippen LogP contribution in [0.15, 0.2) is 18.3 Å². The lowest BCUT2D eigenvalue weighted by Gasteiger charge is -2.33. The molecule has 2 fully saturated rings. The molecule has 3 heteroatoms. The van der Waals surface area contributed by atoms with Crippen LogP contribution >= 0.6 is 11.6 Å². The lowest BCUT2D eigenvalue weighted by Crippen LogP contribution is -2.28. The third-order valence-corrected chi connectivity index (χ3v) is 4.64. The van der Waals surface area contributed by atoms with E-state index in [1.54, 1.807) is 0 Å². The molecule has 2 nitrogen and oxygen atoms in total. The van der Waals surface area contributed by atoms with Crippen molar-refractivity contribution in [2.75, 3.05) is 13.1 Å². The van der Waals surface area contributed by atoms with Gasteiger partial charge in [-0.25, -0.2) is 4.98 Å². The van der Waals surface area contributed by atoms with Crippen LogP contribution in [-0.4, -0.2) is 18.1 Å². The molecule has 3 unspecified atom stereocenters. The second-order valence-corrected chi connectivity index (χ2v) is 5.85. The summed E-state index contributed by atoms with van der Waals surface area (Å²) in [5.41, 5.74) is 1.35. The molecule has 92 valence electrons. The Morgan fingerprint density at radius 3 is 3.18 bits per heavy atom. The molecular weight excluding hydrogens is 232 g/mol. The summed E-state index contributed by atoms with van der Waals surface area (Å²) in [5.74, 6) is 2.64. The molecule has 0 bridgehead atoms. The highest BCUT2D eigenvalue weighted by Crippen LogP contribution is 2.38. The average Bonchev–Trinajstić information content (AvgIpc) is 2.78. The minimum atomic E-state index is 0.624. The molecular formula is C14H19ClN2. The molecule has 1 saturated carbocycles. The fraction of sp³-hybridized carbons (Fsp3) is 0.643. The molecule has 1 aliphatic carbocycles. The molecule has 1 saturated heterocycles. The Balaban J connectivity index is 1.71. The largest absolute Gasteiger partial charge is 0.316 e. The zero-order valence-electron chi connectivity index (χ0n) is 10.0. The van der Waals surface area contributed by atoms with Crippen molar-refractivity contribution in [2.45, 2.75) is 25.7 Å². The molecule has 2 aliphatic rings. The number of fused-ring (bicyclic) bond motifs is 1. The van der Waals surface area contributed by atoms with Crippen molar-refractivity contribution >= 4 is 11.6 Å². The Morgan fingerprint density at radius 1 is 1.35 bits per heavy atom. The summed E-state index contributed by atoms with van der Waals surface area (Å²) in [4.78, 5) is 4.05. The van der Waals surface area contributed by atoms with Gasteiger partial charge in [0, 0.05) is 6.20 Å². The molecule has 1 N–H and O–H groups in total. The molecule has 17 heavy (non-hydrogen) atoms. The summed E-state index contributed by atoms with van der Waals surface area (Å²) in [6.07, 6.45) is 7.19. The Hall–Kier alpha value is -0.600. The number of nitrogens with one attached hydrogen (secondary N) is 1. The van der Waals surface area contributed by atoms with E-state index in [0.29, 0.717) is 5.15 Å². The number of halogens is 1. The lowest BCUT2D eigenvalue weighted by molar-refractivity contribution is 0.198. The molecule has 3 atom stereocenters. The Kier molecular flexibility index (Phi) is 3.34. The van der Waals surface area contributed by atoms with Crippen molar-refractivity contribution in [3.63, 3.8) is 0 Å². The SMILES string of the molecule is Clc1cc(CC2CCCC3CNCC32)ccn1. The molecule has 1 aliphatic heterocycles. The minimum absolute atomic E-state index is 0.624. The van der Waals surface area contributed by atoms with Gasteiger partial charge in [0.05, 0.1) is 0 Å². The second-order valence-electron chi connectivity index (χ2n) is 5.46. The fourth-order valence-corrected chi connectivity index (χ4v) is 3.80. The van der Waals surface area contributed by atoms with Gasteiger partial charge in [0.1, 0.15) is 5.15 Å². The van der Waals surface area contributed by atoms with Crippen molar-refractivity contribution in [3.8, 4) is 0 Å². The van der Waals surface area contributed by atoms with E-state index in [0.717, 1.165) is 17.8 Å². The third-order valence-electron chi connectivity index (χ3n) is 4.44. The summed E-state index contributed by atoms with van der Waals surface area (Å²) < 4.78 is 0. The quantitative estimate of drug-likeness (QED) is 0.817. The maximum absolute atomic E-state index is 5.95. The standard InChI is InChI=1S/C14H19ClN2/c15-14-7-10(4-5-17-14)6-11-2-1-3-12-8-16-9-13(11)12/h4-5,7,11-13,16H,1-3,6,8-9H2. The molecule has 0 radical (unpaired) electrons. The average molecular weight is 251 g/mol. The number of rotatable bonds is 2. The molecule has 3 rings (SSSR count). The van der Waals surface area contributed by atoms with Crippen LogP contribution in [0.2, 0.25) is 5.15 Å². The highest BCUT2D eigenvalue weighted by Gasteiger charge is 2.36. The van der Waals surface area contributed by atoms with Gasteiger partial charge in [-0.15, -0.1) is 0 Å². The monoisotopic (exact) mass is 250 g/mol. The van der Waals surface area contributed by atoms with E-state index in [9.17, 15) is 0 Å². The Morgan fingerprint density at radius 2 is 2.29 bits per heavy atom. The number of aromatic nitrogens is 1. The Bertz CT molecular complexity index is 394. The predicted octanol–water partition coefficient (Wildman–Crippen LogP) is 2.91. The molecule has 1 aromatic rings. The highest BCUT2D eigenvalue weighted by atomic mass is 35.5. The maximum atomic E-state index is 5.95. The van der Waals surface area contributed by atoms with Gasteiger partial charge in [-0.1, -0.05) is 18.0 Å². The van der Waals surface area contributed by atoms with Gasteiger partial charge in [-0.05, 0) is 67.8 Å². The van der Waals surface area contributed by atoms with Crippen LogP contribution in [-0.2, 0) is 6.42 Å². The van der Waals surface area contributed by atoms with Crippen molar-refractivity contribution in [1.29, 1.82) is 0 Å². The van der Waals surface area contributed by atoms with Crippen molar-refractivity contribution in [3.05, 3.63) is 29.0 Å². The van der Waals surface area contributed by atoms with Crippen LogP contribution in [0.25, 0.3) is 0 Å². The van der Waals surface area contributed by atoms with Crippen LogP contribution in [0.5, 0.6) is 0 Å². The van der Waals surface area contributed by atoms with Crippen molar-refractivity contribution in [1.82, 2.24) is 10.3 Å². The molecule has 0 amide bonds. The van der Waals surface area contributed by atoms with Gasteiger partial charge < -0.3 is 5.32 Å². The first kappa shape index (κ1) is 11.5. The van der Waals surface area contributed by atoms with Gasteiger partial charge >= 0.3 is 0 Å². The summed E-state index contributed by atoms with van der Waals surface area (Å²) in [6, 6.07) is 4.13. The van der Waals surface area contributed by atoms with E-state index in [-0.39, 0.29) is 0 Å². The number of pyridine rings is 1. The van der Waals surface area contributed by atoms with E-state index < -0.39 is 0 Å². The van der Waals surface area contributed by atoms with E-state index >= 15 is 0 Å². The van der Waals surface area contributed by atoms with Crippen LogP contribution in [0.1, 0.15) is 24.8 Å². The molecule has 0 aromatic carbocycles. The molecule has 2 heterocycles. The van der Waals surface area contributed by atoms with Crippen molar-refractivity contribution in [2.24, 2.45) is 17.8 Å². The third kappa shape index (κ3) is 2.48. The van der Waals surface area contributed by atoms with Crippen LogP contribution in [0.3, 0.4) is 0 Å². The number of hydrogen-bond acceptors (Lipinski definition) is 2. The zero-order valence-corrected chi connectivity index (χ0v) is 10.8. The van der Waals surface area contributed by atoms with E-state index in [4.69, 9.17) is 11.6 Å². The van der Waals surface area contributed by atoms with Crippen molar-refractivity contribution < 1.29 is 0 Å². The summed E-state index contributed by atoms with van der Waals surface area (Å²) in [5, 5.41) is 4.18. The summed E-state index contributed by atoms with van der Waals surface area (Å²) in [6.45, 7) is 2.45. The van der Waals surface area contributed by atoms with Crippen LogP contribution in [0.4, 0.5) is 0 Å². The lowest BCUT2D eigenvalue weighted by atomic mass is 9.72. The smallest absolute Gasteiger partial charge is 0.129 e. The predicted molar refractivity (Wildman–Crippen MR) is 70.1 cm³/mol.